The van der Waals surface area contributed by atoms with Crippen LogP contribution in [0.4, 0.5) is 0 Å². The van der Waals surface area contributed by atoms with E-state index in [0.29, 0.717) is 0 Å². The Morgan fingerprint density at radius 2 is 2.11 bits per heavy atom. The molecule has 1 N–H and O–H groups in total. The van der Waals surface area contributed by atoms with Crippen molar-refractivity contribution in [1.82, 2.24) is 0 Å². The maximum atomic E-state index is 10.5. The Morgan fingerprint density at radius 1 is 1.32 bits per heavy atom. The Labute approximate surface area is 114 Å². The van der Waals surface area contributed by atoms with Crippen LogP contribution in [0.2, 0.25) is 0 Å². The number of aryl methyl sites for hydroxylation is 1. The van der Waals surface area contributed by atoms with Gasteiger partial charge in [-0.25, -0.2) is 4.79 Å². The van der Waals surface area contributed by atoms with E-state index in [-0.39, 0.29) is 0 Å². The SMILES string of the molecule is CCCCCCc1cc(C=CC(=O)O)ccc1OC. The second kappa shape index (κ2) is 8.35. The van der Waals surface area contributed by atoms with Gasteiger partial charge in [0.15, 0.2) is 0 Å². The quantitative estimate of drug-likeness (QED) is 0.570. The largest absolute Gasteiger partial charge is 0.496 e. The number of benzene rings is 1. The monoisotopic (exact) mass is 262 g/mol. The first-order chi connectivity index (χ1) is 9.17. The highest BCUT2D eigenvalue weighted by atomic mass is 16.5. The molecule has 0 amide bonds. The molecular formula is C16H22O3. The van der Waals surface area contributed by atoms with E-state index in [1.165, 1.54) is 19.3 Å². The molecule has 3 heteroatoms. The number of carbonyl (C=O) groups is 1. The van der Waals surface area contributed by atoms with Crippen LogP contribution in [0.25, 0.3) is 6.08 Å². The summed E-state index contributed by atoms with van der Waals surface area (Å²) in [6.07, 6.45) is 8.56. The first-order valence-corrected chi connectivity index (χ1v) is 6.75. The first-order valence-electron chi connectivity index (χ1n) is 6.75. The minimum atomic E-state index is -0.930. The van der Waals surface area contributed by atoms with E-state index in [1.807, 2.05) is 18.2 Å². The lowest BCUT2D eigenvalue weighted by Crippen LogP contribution is -1.94. The van der Waals surface area contributed by atoms with Crippen LogP contribution in [0.1, 0.15) is 43.7 Å². The molecule has 19 heavy (non-hydrogen) atoms. The van der Waals surface area contributed by atoms with Gasteiger partial charge < -0.3 is 9.84 Å². The molecule has 0 aromatic heterocycles. The van der Waals surface area contributed by atoms with Gasteiger partial charge in [0.05, 0.1) is 7.11 Å². The van der Waals surface area contributed by atoms with Gasteiger partial charge in [-0.15, -0.1) is 0 Å². The van der Waals surface area contributed by atoms with Crippen LogP contribution in [0.15, 0.2) is 24.3 Å². The summed E-state index contributed by atoms with van der Waals surface area (Å²) in [5.74, 6) is -0.0516. The molecule has 104 valence electrons. The third-order valence-electron chi connectivity index (χ3n) is 3.02. The second-order valence-corrected chi connectivity index (χ2v) is 4.55. The van der Waals surface area contributed by atoms with E-state index in [4.69, 9.17) is 9.84 Å². The van der Waals surface area contributed by atoms with Crippen molar-refractivity contribution in [3.05, 3.63) is 35.4 Å². The highest BCUT2D eigenvalue weighted by Crippen LogP contribution is 2.23. The third kappa shape index (κ3) is 5.60. The number of aliphatic carboxylic acids is 1. The molecule has 0 bridgehead atoms. The minimum absolute atomic E-state index is 0.879. The molecule has 0 fully saturated rings. The molecule has 0 heterocycles. The summed E-state index contributed by atoms with van der Waals surface area (Å²) in [6, 6.07) is 5.77. The molecule has 0 aliphatic rings. The van der Waals surface area contributed by atoms with Gasteiger partial charge in [-0.05, 0) is 42.2 Å². The Balaban J connectivity index is 2.75. The standard InChI is InChI=1S/C16H22O3/c1-3-4-5-6-7-14-12-13(9-11-16(17)18)8-10-15(14)19-2/h8-12H,3-7H2,1-2H3,(H,17,18). The normalized spacial score (nSPS) is 10.8. The number of carboxylic acid groups (broad SMARTS) is 1. The summed E-state index contributed by atoms with van der Waals surface area (Å²) in [5.41, 5.74) is 2.04. The third-order valence-corrected chi connectivity index (χ3v) is 3.02. The fraction of sp³-hybridized carbons (Fsp3) is 0.438. The number of ether oxygens (including phenoxy) is 1. The molecule has 0 saturated carbocycles. The van der Waals surface area contributed by atoms with Gasteiger partial charge in [-0.2, -0.15) is 0 Å². The number of carboxylic acids is 1. The van der Waals surface area contributed by atoms with Crippen LogP contribution in [0.5, 0.6) is 5.75 Å². The predicted molar refractivity (Wildman–Crippen MR) is 77.5 cm³/mol. The highest BCUT2D eigenvalue weighted by Gasteiger charge is 2.03. The van der Waals surface area contributed by atoms with Gasteiger partial charge >= 0.3 is 5.97 Å². The fourth-order valence-electron chi connectivity index (χ4n) is 2.01. The van der Waals surface area contributed by atoms with E-state index in [9.17, 15) is 4.79 Å². The van der Waals surface area contributed by atoms with E-state index < -0.39 is 5.97 Å². The molecule has 0 radical (unpaired) electrons. The number of hydrogen-bond donors (Lipinski definition) is 1. The average molecular weight is 262 g/mol. The molecular weight excluding hydrogens is 240 g/mol. The van der Waals surface area contributed by atoms with Crippen molar-refractivity contribution in [3.8, 4) is 5.75 Å². The van der Waals surface area contributed by atoms with Crippen molar-refractivity contribution in [2.75, 3.05) is 7.11 Å². The smallest absolute Gasteiger partial charge is 0.328 e. The number of rotatable bonds is 8. The van der Waals surface area contributed by atoms with Crippen LogP contribution in [-0.4, -0.2) is 18.2 Å². The second-order valence-electron chi connectivity index (χ2n) is 4.55. The lowest BCUT2D eigenvalue weighted by Gasteiger charge is -2.09. The van der Waals surface area contributed by atoms with Crippen LogP contribution < -0.4 is 4.74 Å². The average Bonchev–Trinajstić information content (AvgIpc) is 2.41. The molecule has 0 unspecified atom stereocenters. The summed E-state index contributed by atoms with van der Waals surface area (Å²) < 4.78 is 5.34. The highest BCUT2D eigenvalue weighted by molar-refractivity contribution is 5.85. The van der Waals surface area contributed by atoms with Crippen LogP contribution in [0, 0.1) is 0 Å². The summed E-state index contributed by atoms with van der Waals surface area (Å²) in [6.45, 7) is 2.19. The molecule has 0 atom stereocenters. The lowest BCUT2D eigenvalue weighted by atomic mass is 10.0. The Bertz CT molecular complexity index is 436. The topological polar surface area (TPSA) is 46.5 Å². The summed E-state index contributed by atoms with van der Waals surface area (Å²) in [4.78, 5) is 10.5. The first kappa shape index (κ1) is 15.3. The molecule has 0 aliphatic heterocycles. The van der Waals surface area contributed by atoms with Crippen LogP contribution >= 0.6 is 0 Å². The van der Waals surface area contributed by atoms with Crippen molar-refractivity contribution in [2.45, 2.75) is 39.0 Å². The Morgan fingerprint density at radius 3 is 2.74 bits per heavy atom. The van der Waals surface area contributed by atoms with Crippen molar-refractivity contribution in [1.29, 1.82) is 0 Å². The molecule has 1 rings (SSSR count). The molecule has 0 saturated heterocycles. The van der Waals surface area contributed by atoms with E-state index in [2.05, 4.69) is 6.92 Å². The van der Waals surface area contributed by atoms with Gasteiger partial charge in [0.2, 0.25) is 0 Å². The van der Waals surface area contributed by atoms with Crippen molar-refractivity contribution < 1.29 is 14.6 Å². The Kier molecular flexibility index (Phi) is 6.72. The van der Waals surface area contributed by atoms with Crippen LogP contribution in [0.3, 0.4) is 0 Å². The van der Waals surface area contributed by atoms with Crippen molar-refractivity contribution in [2.24, 2.45) is 0 Å². The summed E-state index contributed by atoms with van der Waals surface area (Å²) >= 11 is 0. The van der Waals surface area contributed by atoms with Gasteiger partial charge in [0.25, 0.3) is 0 Å². The van der Waals surface area contributed by atoms with E-state index in [0.717, 1.165) is 35.8 Å². The molecule has 1 aromatic rings. The number of methoxy groups -OCH3 is 1. The van der Waals surface area contributed by atoms with Gasteiger partial charge in [0, 0.05) is 6.08 Å². The fourth-order valence-corrected chi connectivity index (χ4v) is 2.01. The zero-order chi connectivity index (χ0) is 14.1. The number of unbranched alkanes of at least 4 members (excludes halogenated alkanes) is 3. The van der Waals surface area contributed by atoms with Gasteiger partial charge in [-0.3, -0.25) is 0 Å². The predicted octanol–water partition coefficient (Wildman–Crippen LogP) is 3.92. The molecule has 0 spiro atoms. The van der Waals surface area contributed by atoms with Crippen LogP contribution in [-0.2, 0) is 11.2 Å². The van der Waals surface area contributed by atoms with E-state index >= 15 is 0 Å². The van der Waals surface area contributed by atoms with E-state index in [1.54, 1.807) is 13.2 Å². The van der Waals surface area contributed by atoms with Crippen molar-refractivity contribution >= 4 is 12.0 Å². The van der Waals surface area contributed by atoms with Gasteiger partial charge in [-0.1, -0.05) is 32.3 Å². The lowest BCUT2D eigenvalue weighted by molar-refractivity contribution is -0.131. The zero-order valence-corrected chi connectivity index (χ0v) is 11.7. The Hall–Kier alpha value is -1.77. The van der Waals surface area contributed by atoms with Crippen molar-refractivity contribution in [3.63, 3.8) is 0 Å². The maximum Gasteiger partial charge on any atom is 0.328 e. The van der Waals surface area contributed by atoms with Gasteiger partial charge in [0.1, 0.15) is 5.75 Å². The zero-order valence-electron chi connectivity index (χ0n) is 11.7. The molecule has 0 aliphatic carbocycles. The molecule has 1 aromatic carbocycles. The summed E-state index contributed by atoms with van der Waals surface area (Å²) in [7, 11) is 1.66. The summed E-state index contributed by atoms with van der Waals surface area (Å²) in [5, 5.41) is 8.63. The minimum Gasteiger partial charge on any atom is -0.496 e. The molecule has 3 nitrogen and oxygen atoms in total. The maximum absolute atomic E-state index is 10.5. The number of hydrogen-bond acceptors (Lipinski definition) is 2.